The first-order valence-corrected chi connectivity index (χ1v) is 7.00. The van der Waals surface area contributed by atoms with E-state index in [-0.39, 0.29) is 6.04 Å². The van der Waals surface area contributed by atoms with Gasteiger partial charge in [0.15, 0.2) is 5.96 Å². The summed E-state index contributed by atoms with van der Waals surface area (Å²) in [6.07, 6.45) is 0.914. The maximum Gasteiger partial charge on any atom is 0.196 e. The molecule has 1 aliphatic rings. The second kappa shape index (κ2) is 5.55. The molecule has 20 heavy (non-hydrogen) atoms. The number of nitrogens with zero attached hydrogens (tertiary/aromatic N) is 2. The Morgan fingerprint density at radius 3 is 2.70 bits per heavy atom. The van der Waals surface area contributed by atoms with Crippen LogP contribution in [0.25, 0.3) is 0 Å². The molecule has 0 amide bonds. The molecule has 1 aliphatic heterocycles. The van der Waals surface area contributed by atoms with Gasteiger partial charge in [-0.15, -0.1) is 0 Å². The highest BCUT2D eigenvalue weighted by molar-refractivity contribution is 6.30. The summed E-state index contributed by atoms with van der Waals surface area (Å²) in [6.45, 7) is 0.716. The minimum Gasteiger partial charge on any atom is -0.370 e. The molecule has 0 bridgehead atoms. The second-order valence-electron chi connectivity index (χ2n) is 4.89. The monoisotopic (exact) mass is 285 g/mol. The zero-order valence-corrected chi connectivity index (χ0v) is 11.8. The van der Waals surface area contributed by atoms with Crippen molar-refractivity contribution < 1.29 is 0 Å². The van der Waals surface area contributed by atoms with E-state index in [1.807, 2.05) is 30.3 Å². The van der Waals surface area contributed by atoms with Crippen LogP contribution in [-0.2, 0) is 6.42 Å². The average Bonchev–Trinajstić information content (AvgIpc) is 2.81. The first kappa shape index (κ1) is 13.0. The summed E-state index contributed by atoms with van der Waals surface area (Å²) in [6, 6.07) is 18.4. The molecule has 1 unspecified atom stereocenters. The second-order valence-corrected chi connectivity index (χ2v) is 5.33. The number of halogens is 1. The number of aliphatic imine (C=N–C) groups is 1. The Kier molecular flexibility index (Phi) is 3.61. The SMILES string of the molecule is NC1=NCC(Cc2ccccc2)N1c1cccc(Cl)c1. The van der Waals surface area contributed by atoms with E-state index in [2.05, 4.69) is 34.2 Å². The average molecular weight is 286 g/mol. The fraction of sp³-hybridized carbons (Fsp3) is 0.188. The molecule has 0 saturated carbocycles. The molecule has 2 N–H and O–H groups in total. The van der Waals surface area contributed by atoms with E-state index in [0.717, 1.165) is 12.1 Å². The van der Waals surface area contributed by atoms with E-state index in [0.29, 0.717) is 17.5 Å². The quantitative estimate of drug-likeness (QED) is 0.941. The Morgan fingerprint density at radius 2 is 1.95 bits per heavy atom. The van der Waals surface area contributed by atoms with Crippen LogP contribution in [0.2, 0.25) is 5.02 Å². The van der Waals surface area contributed by atoms with E-state index in [4.69, 9.17) is 17.3 Å². The summed E-state index contributed by atoms with van der Waals surface area (Å²) in [4.78, 5) is 6.45. The Balaban J connectivity index is 1.85. The fourth-order valence-electron chi connectivity index (χ4n) is 2.55. The third kappa shape index (κ3) is 2.63. The van der Waals surface area contributed by atoms with E-state index in [9.17, 15) is 0 Å². The third-order valence-corrected chi connectivity index (χ3v) is 3.71. The van der Waals surface area contributed by atoms with Gasteiger partial charge >= 0.3 is 0 Å². The molecule has 0 radical (unpaired) electrons. The van der Waals surface area contributed by atoms with Crippen LogP contribution in [0.1, 0.15) is 5.56 Å². The minimum atomic E-state index is 0.246. The molecule has 0 aliphatic carbocycles. The lowest BCUT2D eigenvalue weighted by molar-refractivity contribution is 0.704. The maximum atomic E-state index is 6.07. The Labute approximate surface area is 123 Å². The molecule has 0 spiro atoms. The van der Waals surface area contributed by atoms with Crippen molar-refractivity contribution in [2.75, 3.05) is 11.4 Å². The standard InChI is InChI=1S/C16H16ClN3/c17-13-7-4-8-14(10-13)20-15(11-19-16(20)18)9-12-5-2-1-3-6-12/h1-8,10,15H,9,11H2,(H2,18,19). The lowest BCUT2D eigenvalue weighted by Crippen LogP contribution is -2.42. The van der Waals surface area contributed by atoms with Gasteiger partial charge in [0, 0.05) is 10.7 Å². The fourth-order valence-corrected chi connectivity index (χ4v) is 2.74. The molecule has 1 heterocycles. The highest BCUT2D eigenvalue weighted by atomic mass is 35.5. The summed E-state index contributed by atoms with van der Waals surface area (Å²) >= 11 is 6.07. The molecule has 102 valence electrons. The van der Waals surface area contributed by atoms with Gasteiger partial charge in [0.1, 0.15) is 0 Å². The molecule has 4 heteroatoms. The first-order chi connectivity index (χ1) is 9.74. The maximum absolute atomic E-state index is 6.07. The van der Waals surface area contributed by atoms with Crippen LogP contribution in [0, 0.1) is 0 Å². The van der Waals surface area contributed by atoms with Crippen LogP contribution in [0.3, 0.4) is 0 Å². The molecule has 2 aromatic carbocycles. The zero-order valence-electron chi connectivity index (χ0n) is 11.0. The minimum absolute atomic E-state index is 0.246. The first-order valence-electron chi connectivity index (χ1n) is 6.63. The normalized spacial score (nSPS) is 18.1. The van der Waals surface area contributed by atoms with Gasteiger partial charge in [0.25, 0.3) is 0 Å². The summed E-state index contributed by atoms with van der Waals surface area (Å²) < 4.78 is 0. The predicted molar refractivity (Wildman–Crippen MR) is 84.4 cm³/mol. The van der Waals surface area contributed by atoms with Gasteiger partial charge in [0.05, 0.1) is 12.6 Å². The van der Waals surface area contributed by atoms with Gasteiger partial charge in [-0.25, -0.2) is 0 Å². The van der Waals surface area contributed by atoms with E-state index in [1.165, 1.54) is 5.56 Å². The Morgan fingerprint density at radius 1 is 1.15 bits per heavy atom. The molecule has 0 aromatic heterocycles. The van der Waals surface area contributed by atoms with Crippen LogP contribution in [0.5, 0.6) is 0 Å². The number of anilines is 1. The van der Waals surface area contributed by atoms with Crippen LogP contribution >= 0.6 is 11.6 Å². The highest BCUT2D eigenvalue weighted by Crippen LogP contribution is 2.25. The van der Waals surface area contributed by atoms with Crippen LogP contribution < -0.4 is 10.6 Å². The van der Waals surface area contributed by atoms with Gasteiger partial charge in [-0.3, -0.25) is 4.99 Å². The number of benzene rings is 2. The molecule has 1 atom stereocenters. The van der Waals surface area contributed by atoms with Crippen LogP contribution in [-0.4, -0.2) is 18.5 Å². The van der Waals surface area contributed by atoms with Crippen molar-refractivity contribution in [2.24, 2.45) is 10.7 Å². The lowest BCUT2D eigenvalue weighted by atomic mass is 10.0. The molecule has 3 nitrogen and oxygen atoms in total. The molecule has 0 fully saturated rings. The Bertz CT molecular complexity index is 625. The van der Waals surface area contributed by atoms with Crippen LogP contribution in [0.15, 0.2) is 59.6 Å². The lowest BCUT2D eigenvalue weighted by Gasteiger charge is -2.26. The molecule has 3 rings (SSSR count). The van der Waals surface area contributed by atoms with E-state index >= 15 is 0 Å². The molecular weight excluding hydrogens is 270 g/mol. The van der Waals surface area contributed by atoms with Crippen molar-refractivity contribution in [2.45, 2.75) is 12.5 Å². The molecular formula is C16H16ClN3. The van der Waals surface area contributed by atoms with Crippen LogP contribution in [0.4, 0.5) is 5.69 Å². The summed E-state index contributed by atoms with van der Waals surface area (Å²) in [5.41, 5.74) is 8.32. The van der Waals surface area contributed by atoms with Gasteiger partial charge in [-0.05, 0) is 30.2 Å². The summed E-state index contributed by atoms with van der Waals surface area (Å²) in [5.74, 6) is 0.563. The molecule has 2 aromatic rings. The van der Waals surface area contributed by atoms with Gasteiger partial charge < -0.3 is 10.6 Å². The van der Waals surface area contributed by atoms with Gasteiger partial charge in [0.2, 0.25) is 0 Å². The van der Waals surface area contributed by atoms with Crippen molar-refractivity contribution in [3.63, 3.8) is 0 Å². The van der Waals surface area contributed by atoms with Crippen molar-refractivity contribution >= 4 is 23.2 Å². The number of hydrogen-bond acceptors (Lipinski definition) is 3. The predicted octanol–water partition coefficient (Wildman–Crippen LogP) is 3.09. The zero-order chi connectivity index (χ0) is 13.9. The van der Waals surface area contributed by atoms with Gasteiger partial charge in [-0.2, -0.15) is 0 Å². The smallest absolute Gasteiger partial charge is 0.196 e. The van der Waals surface area contributed by atoms with E-state index < -0.39 is 0 Å². The van der Waals surface area contributed by atoms with Crippen molar-refractivity contribution in [1.82, 2.24) is 0 Å². The van der Waals surface area contributed by atoms with E-state index in [1.54, 1.807) is 0 Å². The largest absolute Gasteiger partial charge is 0.370 e. The number of nitrogens with two attached hydrogens (primary N) is 1. The van der Waals surface area contributed by atoms with Gasteiger partial charge in [-0.1, -0.05) is 48.0 Å². The summed E-state index contributed by atoms with van der Waals surface area (Å²) in [5, 5.41) is 0.709. The topological polar surface area (TPSA) is 41.6 Å². The van der Waals surface area contributed by atoms with Crippen molar-refractivity contribution in [3.8, 4) is 0 Å². The van der Waals surface area contributed by atoms with Crippen molar-refractivity contribution in [1.29, 1.82) is 0 Å². The number of guanidine groups is 1. The van der Waals surface area contributed by atoms with Crippen molar-refractivity contribution in [3.05, 3.63) is 65.2 Å². The number of rotatable bonds is 3. The number of hydrogen-bond donors (Lipinski definition) is 1. The Hall–Kier alpha value is -2.00. The highest BCUT2D eigenvalue weighted by Gasteiger charge is 2.27. The third-order valence-electron chi connectivity index (χ3n) is 3.48. The molecule has 0 saturated heterocycles. The summed E-state index contributed by atoms with van der Waals surface area (Å²) in [7, 11) is 0.